The third-order valence-corrected chi connectivity index (χ3v) is 4.39. The Bertz CT molecular complexity index is 542. The second-order valence-electron chi connectivity index (χ2n) is 4.78. The normalized spacial score (nSPS) is 15.7. The molecule has 1 aliphatic rings. The molecular weight excluding hydrogens is 258 g/mol. The lowest BCUT2D eigenvalue weighted by Crippen LogP contribution is -2.39. The van der Waals surface area contributed by atoms with E-state index in [1.54, 1.807) is 11.3 Å². The number of carbonyl (C=O) groups excluding carboxylic acids is 1. The van der Waals surface area contributed by atoms with Crippen molar-refractivity contribution in [2.75, 3.05) is 25.0 Å². The highest BCUT2D eigenvalue weighted by atomic mass is 32.1. The molecule has 2 aromatic rings. The lowest BCUT2D eigenvalue weighted by molar-refractivity contribution is -0.130. The Morgan fingerprint density at radius 1 is 1.26 bits per heavy atom. The van der Waals surface area contributed by atoms with Crippen LogP contribution in [0, 0.1) is 0 Å². The van der Waals surface area contributed by atoms with Crippen LogP contribution in [0.1, 0.15) is 19.3 Å². The van der Waals surface area contributed by atoms with Gasteiger partial charge in [-0.25, -0.2) is 4.98 Å². The van der Waals surface area contributed by atoms with E-state index in [1.165, 1.54) is 6.42 Å². The number of para-hydroxylation sites is 1. The molecule has 0 bridgehead atoms. The predicted octanol–water partition coefficient (Wildman–Crippen LogP) is 2.72. The number of nitrogens with one attached hydrogen (secondary N) is 1. The first-order valence-electron chi connectivity index (χ1n) is 6.70. The summed E-state index contributed by atoms with van der Waals surface area (Å²) < 4.78 is 1.15. The molecule has 1 aliphatic heterocycles. The molecule has 1 aromatic carbocycles. The zero-order chi connectivity index (χ0) is 13.1. The van der Waals surface area contributed by atoms with Crippen LogP contribution in [-0.4, -0.2) is 35.4 Å². The van der Waals surface area contributed by atoms with Crippen LogP contribution in [0.4, 0.5) is 5.13 Å². The van der Waals surface area contributed by atoms with Gasteiger partial charge < -0.3 is 10.2 Å². The quantitative estimate of drug-likeness (QED) is 0.936. The number of anilines is 1. The highest BCUT2D eigenvalue weighted by molar-refractivity contribution is 7.22. The predicted molar refractivity (Wildman–Crippen MR) is 78.5 cm³/mol. The van der Waals surface area contributed by atoms with Gasteiger partial charge in [0.1, 0.15) is 0 Å². The van der Waals surface area contributed by atoms with Gasteiger partial charge in [-0.1, -0.05) is 23.5 Å². The zero-order valence-electron chi connectivity index (χ0n) is 10.8. The number of benzene rings is 1. The zero-order valence-corrected chi connectivity index (χ0v) is 11.6. The molecule has 0 saturated carbocycles. The number of carbonyl (C=O) groups is 1. The van der Waals surface area contributed by atoms with E-state index >= 15 is 0 Å². The Balaban J connectivity index is 1.60. The van der Waals surface area contributed by atoms with Gasteiger partial charge in [0, 0.05) is 13.1 Å². The van der Waals surface area contributed by atoms with Gasteiger partial charge >= 0.3 is 0 Å². The molecule has 1 fully saturated rings. The number of nitrogens with zero attached hydrogens (tertiary/aromatic N) is 2. The molecule has 0 spiro atoms. The summed E-state index contributed by atoms with van der Waals surface area (Å²) in [7, 11) is 0. The van der Waals surface area contributed by atoms with Crippen LogP contribution in [0.15, 0.2) is 24.3 Å². The van der Waals surface area contributed by atoms with Gasteiger partial charge in [-0.2, -0.15) is 0 Å². The number of likely N-dealkylation sites (tertiary alicyclic amines) is 1. The molecule has 1 saturated heterocycles. The van der Waals surface area contributed by atoms with Crippen LogP contribution >= 0.6 is 11.3 Å². The van der Waals surface area contributed by atoms with Crippen LogP contribution in [0.25, 0.3) is 10.2 Å². The van der Waals surface area contributed by atoms with Gasteiger partial charge in [0.05, 0.1) is 16.8 Å². The third-order valence-electron chi connectivity index (χ3n) is 3.39. The van der Waals surface area contributed by atoms with Crippen LogP contribution < -0.4 is 5.32 Å². The molecule has 0 aliphatic carbocycles. The third kappa shape index (κ3) is 2.87. The molecule has 0 radical (unpaired) electrons. The second kappa shape index (κ2) is 5.57. The average molecular weight is 275 g/mol. The van der Waals surface area contributed by atoms with E-state index in [-0.39, 0.29) is 5.91 Å². The van der Waals surface area contributed by atoms with Crippen molar-refractivity contribution >= 4 is 32.6 Å². The van der Waals surface area contributed by atoms with Gasteiger partial charge in [0.2, 0.25) is 5.91 Å². The molecule has 2 heterocycles. The smallest absolute Gasteiger partial charge is 0.241 e. The van der Waals surface area contributed by atoms with Gasteiger partial charge in [-0.15, -0.1) is 0 Å². The average Bonchev–Trinajstić information content (AvgIpc) is 2.88. The number of amides is 1. The van der Waals surface area contributed by atoms with Crippen molar-refractivity contribution in [3.8, 4) is 0 Å². The molecule has 100 valence electrons. The Morgan fingerprint density at radius 2 is 2.05 bits per heavy atom. The summed E-state index contributed by atoms with van der Waals surface area (Å²) in [4.78, 5) is 18.4. The number of aromatic nitrogens is 1. The topological polar surface area (TPSA) is 45.2 Å². The standard InChI is InChI=1S/C14H17N3OS/c18-13(17-8-4-1-5-9-17)10-15-14-16-11-6-2-3-7-12(11)19-14/h2-3,6-7H,1,4-5,8-10H2,(H,15,16). The summed E-state index contributed by atoms with van der Waals surface area (Å²) >= 11 is 1.59. The Labute approximate surface area is 116 Å². The first kappa shape index (κ1) is 12.4. The summed E-state index contributed by atoms with van der Waals surface area (Å²) in [6.07, 6.45) is 3.51. The molecule has 1 amide bonds. The molecular formula is C14H17N3OS. The summed E-state index contributed by atoms with van der Waals surface area (Å²) in [6, 6.07) is 8.02. The molecule has 1 aromatic heterocycles. The van der Waals surface area contributed by atoms with Crippen molar-refractivity contribution in [3.63, 3.8) is 0 Å². The van der Waals surface area contributed by atoms with Crippen molar-refractivity contribution in [3.05, 3.63) is 24.3 Å². The van der Waals surface area contributed by atoms with Crippen LogP contribution in [0.5, 0.6) is 0 Å². The summed E-state index contributed by atoms with van der Waals surface area (Å²) in [5.41, 5.74) is 0.987. The van der Waals surface area contributed by atoms with Crippen molar-refractivity contribution in [1.29, 1.82) is 0 Å². The number of hydrogen-bond acceptors (Lipinski definition) is 4. The van der Waals surface area contributed by atoms with Gasteiger partial charge in [0.25, 0.3) is 0 Å². The molecule has 1 N–H and O–H groups in total. The maximum Gasteiger partial charge on any atom is 0.241 e. The van der Waals surface area contributed by atoms with E-state index in [0.717, 1.165) is 41.3 Å². The molecule has 0 unspecified atom stereocenters. The maximum absolute atomic E-state index is 12.0. The first-order chi connectivity index (χ1) is 9.33. The SMILES string of the molecule is O=C(CNc1nc2ccccc2s1)N1CCCCC1. The Hall–Kier alpha value is -1.62. The maximum atomic E-state index is 12.0. The fourth-order valence-electron chi connectivity index (χ4n) is 2.35. The second-order valence-corrected chi connectivity index (χ2v) is 5.81. The van der Waals surface area contributed by atoms with E-state index in [9.17, 15) is 4.79 Å². The van der Waals surface area contributed by atoms with E-state index in [2.05, 4.69) is 10.3 Å². The number of piperidine rings is 1. The summed E-state index contributed by atoms with van der Waals surface area (Å²) in [6.45, 7) is 2.15. The number of thiazole rings is 1. The van der Waals surface area contributed by atoms with Crippen LogP contribution in [0.2, 0.25) is 0 Å². The van der Waals surface area contributed by atoms with Crippen LogP contribution in [-0.2, 0) is 4.79 Å². The summed E-state index contributed by atoms with van der Waals surface area (Å²) in [5, 5.41) is 3.97. The lowest BCUT2D eigenvalue weighted by Gasteiger charge is -2.26. The number of hydrogen-bond donors (Lipinski definition) is 1. The van der Waals surface area contributed by atoms with E-state index in [4.69, 9.17) is 0 Å². The fraction of sp³-hybridized carbons (Fsp3) is 0.429. The monoisotopic (exact) mass is 275 g/mol. The van der Waals surface area contributed by atoms with Crippen molar-refractivity contribution in [1.82, 2.24) is 9.88 Å². The molecule has 3 rings (SSSR count). The van der Waals surface area contributed by atoms with E-state index in [1.807, 2.05) is 29.2 Å². The molecule has 4 nitrogen and oxygen atoms in total. The minimum Gasteiger partial charge on any atom is -0.352 e. The van der Waals surface area contributed by atoms with Gasteiger partial charge in [0.15, 0.2) is 5.13 Å². The largest absolute Gasteiger partial charge is 0.352 e. The highest BCUT2D eigenvalue weighted by Gasteiger charge is 2.16. The van der Waals surface area contributed by atoms with Gasteiger partial charge in [-0.05, 0) is 31.4 Å². The highest BCUT2D eigenvalue weighted by Crippen LogP contribution is 2.25. The summed E-state index contributed by atoms with van der Waals surface area (Å²) in [5.74, 6) is 0.180. The lowest BCUT2D eigenvalue weighted by atomic mass is 10.1. The molecule has 0 atom stereocenters. The van der Waals surface area contributed by atoms with Crippen molar-refractivity contribution in [2.45, 2.75) is 19.3 Å². The van der Waals surface area contributed by atoms with Gasteiger partial charge in [-0.3, -0.25) is 4.79 Å². The van der Waals surface area contributed by atoms with E-state index < -0.39 is 0 Å². The van der Waals surface area contributed by atoms with Crippen LogP contribution in [0.3, 0.4) is 0 Å². The molecule has 19 heavy (non-hydrogen) atoms. The van der Waals surface area contributed by atoms with Crippen molar-refractivity contribution < 1.29 is 4.79 Å². The minimum atomic E-state index is 0.180. The van der Waals surface area contributed by atoms with E-state index in [0.29, 0.717) is 6.54 Å². The minimum absolute atomic E-state index is 0.180. The Morgan fingerprint density at radius 3 is 2.84 bits per heavy atom. The number of rotatable bonds is 3. The first-order valence-corrected chi connectivity index (χ1v) is 7.52. The fourth-order valence-corrected chi connectivity index (χ4v) is 3.22. The van der Waals surface area contributed by atoms with Crippen molar-refractivity contribution in [2.24, 2.45) is 0 Å². The Kier molecular flexibility index (Phi) is 3.64. The molecule has 5 heteroatoms. The number of fused-ring (bicyclic) bond motifs is 1.